The number of oxazole rings is 1. The molecule has 1 unspecified atom stereocenters. The highest BCUT2D eigenvalue weighted by atomic mass is 32.1. The van der Waals surface area contributed by atoms with E-state index < -0.39 is 0 Å². The molecule has 1 atom stereocenters. The van der Waals surface area contributed by atoms with Crippen molar-refractivity contribution in [3.8, 4) is 10.8 Å². The van der Waals surface area contributed by atoms with Gasteiger partial charge in [-0.3, -0.25) is 4.79 Å². The van der Waals surface area contributed by atoms with Gasteiger partial charge in [-0.1, -0.05) is 6.07 Å². The minimum atomic E-state index is -0.291. The summed E-state index contributed by atoms with van der Waals surface area (Å²) in [5.74, 6) is 0.960. The number of carbonyl (C=O) groups is 1. The zero-order valence-electron chi connectivity index (χ0n) is 12.6. The number of hydrogen-bond donors (Lipinski definition) is 1. The van der Waals surface area contributed by atoms with Crippen LogP contribution in [0.5, 0.6) is 0 Å². The van der Waals surface area contributed by atoms with Crippen molar-refractivity contribution < 1.29 is 14.3 Å². The zero-order valence-corrected chi connectivity index (χ0v) is 13.4. The lowest BCUT2D eigenvalue weighted by atomic mass is 9.92. The molecule has 0 bridgehead atoms. The first-order chi connectivity index (χ1) is 10.6. The predicted molar refractivity (Wildman–Crippen MR) is 84.5 cm³/mol. The van der Waals surface area contributed by atoms with Gasteiger partial charge in [0.1, 0.15) is 6.26 Å². The molecule has 3 rings (SSSR count). The number of amides is 1. The lowest BCUT2D eigenvalue weighted by Gasteiger charge is -2.33. The van der Waals surface area contributed by atoms with Gasteiger partial charge in [0.05, 0.1) is 23.1 Å². The predicted octanol–water partition coefficient (Wildman–Crippen LogP) is 2.57. The van der Waals surface area contributed by atoms with Crippen LogP contribution in [0.25, 0.3) is 10.8 Å². The van der Waals surface area contributed by atoms with Crippen molar-refractivity contribution >= 4 is 17.2 Å². The molecule has 5 nitrogen and oxygen atoms in total. The summed E-state index contributed by atoms with van der Waals surface area (Å²) < 4.78 is 5.44. The molecule has 1 fully saturated rings. The van der Waals surface area contributed by atoms with Crippen molar-refractivity contribution in [2.24, 2.45) is 5.92 Å². The molecule has 0 aliphatic carbocycles. The monoisotopic (exact) mass is 320 g/mol. The number of aliphatic hydroxyl groups excluding tert-OH is 1. The van der Waals surface area contributed by atoms with Gasteiger partial charge in [-0.25, -0.2) is 4.98 Å². The maximum atomic E-state index is 12.3. The van der Waals surface area contributed by atoms with E-state index in [1.165, 1.54) is 0 Å². The number of piperidine rings is 1. The van der Waals surface area contributed by atoms with Crippen molar-refractivity contribution in [1.29, 1.82) is 0 Å². The zero-order chi connectivity index (χ0) is 15.5. The van der Waals surface area contributed by atoms with Crippen LogP contribution in [0, 0.1) is 5.92 Å². The summed E-state index contributed by atoms with van der Waals surface area (Å²) in [5.41, 5.74) is 0.672. The number of carbonyl (C=O) groups excluding carboxylic acids is 1. The van der Waals surface area contributed by atoms with Gasteiger partial charge >= 0.3 is 0 Å². The summed E-state index contributed by atoms with van der Waals surface area (Å²) >= 11 is 1.56. The first-order valence-electron chi connectivity index (χ1n) is 7.57. The molecular formula is C16H20N2O3S. The molecule has 0 aromatic carbocycles. The second kappa shape index (κ2) is 6.62. The minimum absolute atomic E-state index is 0.0788. The molecule has 0 spiro atoms. The van der Waals surface area contributed by atoms with Crippen LogP contribution in [0.2, 0.25) is 0 Å². The number of likely N-dealkylation sites (tertiary alicyclic amines) is 1. The molecule has 118 valence electrons. The Morgan fingerprint density at radius 1 is 1.55 bits per heavy atom. The van der Waals surface area contributed by atoms with E-state index in [1.807, 2.05) is 29.3 Å². The fourth-order valence-electron chi connectivity index (χ4n) is 2.80. The Morgan fingerprint density at radius 2 is 2.32 bits per heavy atom. The van der Waals surface area contributed by atoms with E-state index >= 15 is 0 Å². The Bertz CT molecular complexity index is 613. The topological polar surface area (TPSA) is 66.6 Å². The van der Waals surface area contributed by atoms with Crippen molar-refractivity contribution in [3.05, 3.63) is 29.5 Å². The first-order valence-corrected chi connectivity index (χ1v) is 8.45. The fraction of sp³-hybridized carbons (Fsp3) is 0.500. The van der Waals surface area contributed by atoms with Gasteiger partial charge in [-0.2, -0.15) is 0 Å². The summed E-state index contributed by atoms with van der Waals surface area (Å²) in [5, 5.41) is 11.6. The molecule has 2 aromatic rings. The van der Waals surface area contributed by atoms with Crippen LogP contribution in [0.4, 0.5) is 0 Å². The van der Waals surface area contributed by atoms with Crippen molar-refractivity contribution in [2.75, 3.05) is 13.1 Å². The molecule has 3 heterocycles. The Morgan fingerprint density at radius 3 is 2.95 bits per heavy atom. The summed E-state index contributed by atoms with van der Waals surface area (Å²) in [4.78, 5) is 19.5. The summed E-state index contributed by atoms with van der Waals surface area (Å²) in [6.45, 7) is 3.25. The van der Waals surface area contributed by atoms with E-state index in [4.69, 9.17) is 4.42 Å². The third-order valence-electron chi connectivity index (χ3n) is 4.19. The van der Waals surface area contributed by atoms with Crippen LogP contribution in [0.1, 0.15) is 25.5 Å². The quantitative estimate of drug-likeness (QED) is 0.940. The average Bonchev–Trinajstić information content (AvgIpc) is 3.18. The van der Waals surface area contributed by atoms with Gasteiger partial charge in [0.15, 0.2) is 0 Å². The fourth-order valence-corrected chi connectivity index (χ4v) is 3.46. The SMILES string of the molecule is CC(O)C1CCN(C(=O)Cc2coc(-c3cccs3)n2)CC1. The second-order valence-corrected chi connectivity index (χ2v) is 6.70. The Hall–Kier alpha value is -1.66. The van der Waals surface area contributed by atoms with E-state index in [1.54, 1.807) is 17.6 Å². The molecule has 1 amide bonds. The molecule has 6 heteroatoms. The molecule has 1 aliphatic rings. The normalized spacial score (nSPS) is 17.6. The molecule has 1 aliphatic heterocycles. The molecule has 2 aromatic heterocycles. The first kappa shape index (κ1) is 15.2. The molecular weight excluding hydrogens is 300 g/mol. The van der Waals surface area contributed by atoms with Crippen LogP contribution < -0.4 is 0 Å². The largest absolute Gasteiger partial charge is 0.444 e. The summed E-state index contributed by atoms with van der Waals surface area (Å²) in [6.07, 6.45) is 3.27. The van der Waals surface area contributed by atoms with Gasteiger partial charge in [0.25, 0.3) is 0 Å². The van der Waals surface area contributed by atoms with Gasteiger partial charge in [0, 0.05) is 13.1 Å². The maximum Gasteiger partial charge on any atom is 0.236 e. The van der Waals surface area contributed by atoms with Crippen molar-refractivity contribution in [3.63, 3.8) is 0 Å². The number of nitrogens with zero attached hydrogens (tertiary/aromatic N) is 2. The summed E-state index contributed by atoms with van der Waals surface area (Å²) in [6, 6.07) is 3.89. The number of aromatic nitrogens is 1. The number of aliphatic hydroxyl groups is 1. The summed E-state index contributed by atoms with van der Waals surface area (Å²) in [7, 11) is 0. The third kappa shape index (κ3) is 3.39. The maximum absolute atomic E-state index is 12.3. The smallest absolute Gasteiger partial charge is 0.236 e. The van der Waals surface area contributed by atoms with E-state index in [2.05, 4.69) is 4.98 Å². The van der Waals surface area contributed by atoms with Crippen molar-refractivity contribution in [1.82, 2.24) is 9.88 Å². The van der Waals surface area contributed by atoms with Crippen LogP contribution in [-0.2, 0) is 11.2 Å². The van der Waals surface area contributed by atoms with Crippen molar-refractivity contribution in [2.45, 2.75) is 32.3 Å². The van der Waals surface area contributed by atoms with E-state index in [-0.39, 0.29) is 18.4 Å². The molecule has 0 radical (unpaired) electrons. The molecule has 0 saturated carbocycles. The third-order valence-corrected chi connectivity index (χ3v) is 5.05. The van der Waals surface area contributed by atoms with Gasteiger partial charge in [0.2, 0.25) is 11.8 Å². The van der Waals surface area contributed by atoms with Gasteiger partial charge in [-0.15, -0.1) is 11.3 Å². The van der Waals surface area contributed by atoms with Crippen LogP contribution in [-0.4, -0.2) is 40.1 Å². The van der Waals surface area contributed by atoms with E-state index in [0.717, 1.165) is 17.7 Å². The second-order valence-electron chi connectivity index (χ2n) is 5.76. The standard InChI is InChI=1S/C16H20N2O3S/c1-11(19)12-4-6-18(7-5-12)15(20)9-13-10-21-16(17-13)14-3-2-8-22-14/h2-3,8,10-12,19H,4-7,9H2,1H3. The highest BCUT2D eigenvalue weighted by Crippen LogP contribution is 2.24. The lowest BCUT2D eigenvalue weighted by Crippen LogP contribution is -2.41. The van der Waals surface area contributed by atoms with E-state index in [9.17, 15) is 9.90 Å². The van der Waals surface area contributed by atoms with Gasteiger partial charge in [-0.05, 0) is 37.1 Å². The average molecular weight is 320 g/mol. The Kier molecular flexibility index (Phi) is 4.59. The molecule has 1 saturated heterocycles. The van der Waals surface area contributed by atoms with Crippen LogP contribution in [0.3, 0.4) is 0 Å². The highest BCUT2D eigenvalue weighted by Gasteiger charge is 2.25. The Balaban J connectivity index is 1.56. The number of rotatable bonds is 4. The number of thiophene rings is 1. The van der Waals surface area contributed by atoms with Crippen LogP contribution in [0.15, 0.2) is 28.2 Å². The highest BCUT2D eigenvalue weighted by molar-refractivity contribution is 7.13. The molecule has 1 N–H and O–H groups in total. The van der Waals surface area contributed by atoms with Gasteiger partial charge < -0.3 is 14.4 Å². The number of hydrogen-bond acceptors (Lipinski definition) is 5. The Labute approximate surface area is 133 Å². The van der Waals surface area contributed by atoms with E-state index in [0.29, 0.717) is 30.6 Å². The minimum Gasteiger partial charge on any atom is -0.444 e. The molecule has 22 heavy (non-hydrogen) atoms. The van der Waals surface area contributed by atoms with Crippen LogP contribution >= 0.6 is 11.3 Å². The lowest BCUT2D eigenvalue weighted by molar-refractivity contribution is -0.132.